The summed E-state index contributed by atoms with van der Waals surface area (Å²) in [6.07, 6.45) is 6.34. The Morgan fingerprint density at radius 2 is 1.90 bits per heavy atom. The zero-order valence-corrected chi connectivity index (χ0v) is 16.5. The van der Waals surface area contributed by atoms with E-state index in [-0.39, 0.29) is 5.56 Å². The number of H-pyrrole nitrogens is 1. The van der Waals surface area contributed by atoms with E-state index in [1.807, 2.05) is 61.8 Å². The van der Waals surface area contributed by atoms with Gasteiger partial charge < -0.3 is 14.5 Å². The molecule has 5 rings (SSSR count). The monoisotopic (exact) mass is 400 g/mol. The van der Waals surface area contributed by atoms with Crippen LogP contribution >= 0.6 is 0 Å². The first-order chi connectivity index (χ1) is 14.7. The molecule has 150 valence electrons. The van der Waals surface area contributed by atoms with Gasteiger partial charge in [-0.25, -0.2) is 4.98 Å². The average Bonchev–Trinajstić information content (AvgIpc) is 2.97. The number of para-hydroxylation sites is 2. The van der Waals surface area contributed by atoms with Crippen LogP contribution in [-0.4, -0.2) is 33.0 Å². The molecule has 7 nitrogen and oxygen atoms in total. The van der Waals surface area contributed by atoms with Gasteiger partial charge in [0.1, 0.15) is 5.69 Å². The van der Waals surface area contributed by atoms with Gasteiger partial charge in [-0.05, 0) is 42.5 Å². The molecule has 2 aromatic carbocycles. The lowest BCUT2D eigenvalue weighted by atomic mass is 10.1. The molecule has 0 bridgehead atoms. The quantitative estimate of drug-likeness (QED) is 0.568. The second-order valence-electron chi connectivity index (χ2n) is 7.12. The van der Waals surface area contributed by atoms with Gasteiger partial charge in [0, 0.05) is 30.8 Å². The van der Waals surface area contributed by atoms with Crippen molar-refractivity contribution >= 4 is 23.2 Å². The number of rotatable bonds is 3. The van der Waals surface area contributed by atoms with Gasteiger partial charge in [0.25, 0.3) is 5.56 Å². The number of nitrogens with one attached hydrogen (secondary N) is 1. The Kier molecular flexibility index (Phi) is 4.55. The summed E-state index contributed by atoms with van der Waals surface area (Å²) in [4.78, 5) is 19.7. The number of nitrogens with zero attached hydrogens (tertiary/aromatic N) is 3. The number of aryl methyl sites for hydroxylation is 1. The fourth-order valence-corrected chi connectivity index (χ4v) is 3.49. The van der Waals surface area contributed by atoms with Gasteiger partial charge in [-0.1, -0.05) is 12.1 Å². The Balaban J connectivity index is 1.52. The predicted octanol–water partition coefficient (Wildman–Crippen LogP) is 3.66. The fourth-order valence-electron chi connectivity index (χ4n) is 3.49. The molecule has 7 heteroatoms. The summed E-state index contributed by atoms with van der Waals surface area (Å²) in [5.74, 6) is 1.47. The highest BCUT2D eigenvalue weighted by Gasteiger charge is 2.15. The molecule has 4 aromatic rings. The van der Waals surface area contributed by atoms with Crippen LogP contribution < -0.4 is 15.0 Å². The third kappa shape index (κ3) is 3.45. The second kappa shape index (κ2) is 7.51. The number of aromatic nitrogens is 4. The summed E-state index contributed by atoms with van der Waals surface area (Å²) in [6, 6.07) is 13.3. The maximum absolute atomic E-state index is 12.4. The molecule has 1 aliphatic rings. The predicted molar refractivity (Wildman–Crippen MR) is 116 cm³/mol. The third-order valence-corrected chi connectivity index (χ3v) is 4.92. The highest BCUT2D eigenvalue weighted by atomic mass is 16.5. The van der Waals surface area contributed by atoms with E-state index in [0.717, 1.165) is 40.3 Å². The number of aromatic amines is 1. The Morgan fingerprint density at radius 3 is 2.80 bits per heavy atom. The van der Waals surface area contributed by atoms with Crippen LogP contribution in [-0.2, 0) is 7.05 Å². The molecule has 0 amide bonds. The number of ether oxygens (including phenoxy) is 2. The van der Waals surface area contributed by atoms with Crippen molar-refractivity contribution in [2.45, 2.75) is 6.42 Å². The van der Waals surface area contributed by atoms with Gasteiger partial charge in [-0.15, -0.1) is 0 Å². The van der Waals surface area contributed by atoms with E-state index >= 15 is 0 Å². The van der Waals surface area contributed by atoms with Crippen LogP contribution in [0.5, 0.6) is 11.5 Å². The molecule has 0 saturated heterocycles. The molecule has 1 N–H and O–H groups in total. The van der Waals surface area contributed by atoms with Gasteiger partial charge >= 0.3 is 0 Å². The van der Waals surface area contributed by atoms with E-state index in [2.05, 4.69) is 15.1 Å². The lowest BCUT2D eigenvalue weighted by Gasteiger charge is -2.08. The minimum Gasteiger partial charge on any atom is -0.490 e. The number of hydrogen-bond donors (Lipinski definition) is 1. The van der Waals surface area contributed by atoms with Crippen molar-refractivity contribution in [3.63, 3.8) is 0 Å². The number of benzene rings is 2. The van der Waals surface area contributed by atoms with Crippen LogP contribution in [0.2, 0.25) is 0 Å². The van der Waals surface area contributed by atoms with Crippen LogP contribution in [0.3, 0.4) is 0 Å². The van der Waals surface area contributed by atoms with E-state index in [4.69, 9.17) is 9.47 Å². The summed E-state index contributed by atoms with van der Waals surface area (Å²) in [5.41, 5.74) is 4.16. The highest BCUT2D eigenvalue weighted by Crippen LogP contribution is 2.35. The smallest absolute Gasteiger partial charge is 0.274 e. The first kappa shape index (κ1) is 18.2. The molecule has 1 aliphatic heterocycles. The molecular weight excluding hydrogens is 380 g/mol. The standard InChI is InChI=1S/C23H20N4O3/c1-27-14-16(7-9-19-23(28)25-18-6-3-2-5-17(18)24-19)22(26-27)15-8-10-20-21(13-15)30-12-4-11-29-20/h2-3,5-10,13-14H,4,11-12H2,1H3,(H,25,28). The van der Waals surface area contributed by atoms with Gasteiger partial charge in [0.15, 0.2) is 11.5 Å². The summed E-state index contributed by atoms with van der Waals surface area (Å²) < 4.78 is 13.3. The molecule has 0 atom stereocenters. The van der Waals surface area contributed by atoms with Crippen LogP contribution in [0, 0.1) is 0 Å². The lowest BCUT2D eigenvalue weighted by molar-refractivity contribution is 0.297. The Bertz CT molecular complexity index is 1320. The van der Waals surface area contributed by atoms with Gasteiger partial charge in [-0.3, -0.25) is 9.48 Å². The van der Waals surface area contributed by atoms with Crippen molar-refractivity contribution in [2.75, 3.05) is 13.2 Å². The molecule has 2 aromatic heterocycles. The molecule has 3 heterocycles. The maximum Gasteiger partial charge on any atom is 0.274 e. The van der Waals surface area contributed by atoms with E-state index in [1.165, 1.54) is 0 Å². The van der Waals surface area contributed by atoms with Crippen molar-refractivity contribution in [1.29, 1.82) is 0 Å². The molecule has 0 radical (unpaired) electrons. The Morgan fingerprint density at radius 1 is 1.07 bits per heavy atom. The van der Waals surface area contributed by atoms with Gasteiger partial charge in [0.05, 0.1) is 29.9 Å². The highest BCUT2D eigenvalue weighted by molar-refractivity contribution is 5.80. The average molecular weight is 400 g/mol. The van der Waals surface area contributed by atoms with Crippen molar-refractivity contribution in [3.8, 4) is 22.8 Å². The Labute approximate surface area is 172 Å². The topological polar surface area (TPSA) is 82.0 Å². The van der Waals surface area contributed by atoms with E-state index < -0.39 is 0 Å². The molecule has 30 heavy (non-hydrogen) atoms. The summed E-state index contributed by atoms with van der Waals surface area (Å²) in [7, 11) is 1.87. The largest absolute Gasteiger partial charge is 0.490 e. The zero-order valence-electron chi connectivity index (χ0n) is 16.5. The van der Waals surface area contributed by atoms with Crippen molar-refractivity contribution in [3.05, 3.63) is 70.3 Å². The Hall–Kier alpha value is -3.87. The first-order valence-corrected chi connectivity index (χ1v) is 9.78. The zero-order chi connectivity index (χ0) is 20.5. The molecule has 0 fully saturated rings. The SMILES string of the molecule is Cn1cc(C=Cc2nc3ccccc3[nH]c2=O)c(-c2ccc3c(c2)OCCCO3)n1. The first-order valence-electron chi connectivity index (χ1n) is 9.78. The van der Waals surface area contributed by atoms with Gasteiger partial charge in [0.2, 0.25) is 0 Å². The minimum atomic E-state index is -0.231. The van der Waals surface area contributed by atoms with Crippen LogP contribution in [0.4, 0.5) is 0 Å². The maximum atomic E-state index is 12.4. The normalized spacial score (nSPS) is 13.6. The van der Waals surface area contributed by atoms with Gasteiger partial charge in [-0.2, -0.15) is 5.10 Å². The van der Waals surface area contributed by atoms with Crippen molar-refractivity contribution < 1.29 is 9.47 Å². The fraction of sp³-hybridized carbons (Fsp3) is 0.174. The number of fused-ring (bicyclic) bond motifs is 2. The molecule has 0 saturated carbocycles. The van der Waals surface area contributed by atoms with Crippen LogP contribution in [0.15, 0.2) is 53.5 Å². The van der Waals surface area contributed by atoms with Crippen molar-refractivity contribution in [2.24, 2.45) is 7.05 Å². The molecule has 0 spiro atoms. The van der Waals surface area contributed by atoms with E-state index in [1.54, 1.807) is 10.8 Å². The molecule has 0 unspecified atom stereocenters. The molecular formula is C23H20N4O3. The van der Waals surface area contributed by atoms with E-state index in [9.17, 15) is 4.79 Å². The van der Waals surface area contributed by atoms with E-state index in [0.29, 0.717) is 24.4 Å². The summed E-state index contributed by atoms with van der Waals surface area (Å²) >= 11 is 0. The minimum absolute atomic E-state index is 0.231. The lowest BCUT2D eigenvalue weighted by Crippen LogP contribution is -2.11. The summed E-state index contributed by atoms with van der Waals surface area (Å²) in [5, 5.41) is 4.60. The second-order valence-corrected chi connectivity index (χ2v) is 7.12. The van der Waals surface area contributed by atoms with Crippen molar-refractivity contribution in [1.82, 2.24) is 19.7 Å². The summed E-state index contributed by atoms with van der Waals surface area (Å²) in [6.45, 7) is 1.28. The molecule has 0 aliphatic carbocycles. The third-order valence-electron chi connectivity index (χ3n) is 4.92. The van der Waals surface area contributed by atoms with Crippen LogP contribution in [0.25, 0.3) is 34.4 Å². The number of hydrogen-bond acceptors (Lipinski definition) is 5. The van der Waals surface area contributed by atoms with Crippen LogP contribution in [0.1, 0.15) is 17.7 Å².